The number of furan rings is 1. The third kappa shape index (κ3) is 7.20. The summed E-state index contributed by atoms with van der Waals surface area (Å²) in [5.41, 5.74) is 2.15. The molecule has 2 unspecified atom stereocenters. The van der Waals surface area contributed by atoms with Gasteiger partial charge in [0.2, 0.25) is 0 Å². The molecule has 2 atom stereocenters. The van der Waals surface area contributed by atoms with E-state index in [1.165, 1.54) is 23.5 Å². The van der Waals surface area contributed by atoms with Crippen LogP contribution in [0.15, 0.2) is 76.2 Å². The maximum absolute atomic E-state index is 13.0. The molecule has 1 heterocycles. The lowest BCUT2D eigenvalue weighted by Crippen LogP contribution is -2.42. The molecular formula is C28H26Cl2NO6PS. The molecule has 0 aliphatic rings. The minimum Gasteiger partial charge on any atom is -0.480 e. The number of carbonyl (C=O) groups is 2. The number of carboxylic acids is 1. The van der Waals surface area contributed by atoms with E-state index in [9.17, 15) is 23.1 Å². The summed E-state index contributed by atoms with van der Waals surface area (Å²) in [5.74, 6) is -2.01. The Morgan fingerprint density at radius 1 is 1.03 bits per heavy atom. The van der Waals surface area contributed by atoms with Crippen molar-refractivity contribution in [1.82, 2.24) is 5.32 Å². The number of halogens is 2. The summed E-state index contributed by atoms with van der Waals surface area (Å²) in [7, 11) is -3.94. The second-order valence-corrected chi connectivity index (χ2v) is 14.4. The summed E-state index contributed by atoms with van der Waals surface area (Å²) in [6.07, 6.45) is 4.17. The Kier molecular flexibility index (Phi) is 9.02. The molecule has 0 fully saturated rings. The highest BCUT2D eigenvalue weighted by atomic mass is 35.5. The van der Waals surface area contributed by atoms with E-state index < -0.39 is 35.7 Å². The lowest BCUT2D eigenvalue weighted by atomic mass is 10.0. The second kappa shape index (κ2) is 12.1. The first kappa shape index (κ1) is 29.1. The van der Waals surface area contributed by atoms with Crippen LogP contribution in [-0.2, 0) is 27.5 Å². The van der Waals surface area contributed by atoms with Crippen LogP contribution in [0.2, 0.25) is 10.0 Å². The van der Waals surface area contributed by atoms with Crippen molar-refractivity contribution in [2.75, 3.05) is 19.1 Å². The molecule has 204 valence electrons. The van der Waals surface area contributed by atoms with Crippen molar-refractivity contribution in [1.29, 1.82) is 0 Å². The molecule has 1 aromatic heterocycles. The second-order valence-electron chi connectivity index (χ2n) is 9.24. The van der Waals surface area contributed by atoms with E-state index in [1.54, 1.807) is 24.5 Å². The van der Waals surface area contributed by atoms with Crippen LogP contribution in [0.3, 0.4) is 0 Å². The molecule has 3 aromatic carbocycles. The Balaban J connectivity index is 1.45. The molecule has 1 amide bonds. The zero-order chi connectivity index (χ0) is 28.3. The largest absolute Gasteiger partial charge is 0.480 e. The summed E-state index contributed by atoms with van der Waals surface area (Å²) >= 11 is 12.9. The van der Waals surface area contributed by atoms with Gasteiger partial charge in [-0.25, -0.2) is 13.2 Å². The highest BCUT2D eigenvalue weighted by Crippen LogP contribution is 2.34. The monoisotopic (exact) mass is 605 g/mol. The fourth-order valence-corrected chi connectivity index (χ4v) is 7.08. The van der Waals surface area contributed by atoms with Gasteiger partial charge >= 0.3 is 5.97 Å². The van der Waals surface area contributed by atoms with Crippen LogP contribution in [0.4, 0.5) is 0 Å². The minimum atomic E-state index is -3.47. The molecule has 0 saturated heterocycles. The van der Waals surface area contributed by atoms with E-state index >= 15 is 0 Å². The summed E-state index contributed by atoms with van der Waals surface area (Å²) in [4.78, 5) is 25.0. The van der Waals surface area contributed by atoms with E-state index in [1.807, 2.05) is 12.1 Å². The van der Waals surface area contributed by atoms with Crippen molar-refractivity contribution in [3.05, 3.63) is 93.7 Å². The maximum Gasteiger partial charge on any atom is 0.326 e. The fraction of sp³-hybridized carbons (Fsp3) is 0.214. The van der Waals surface area contributed by atoms with Crippen molar-refractivity contribution in [2.24, 2.45) is 0 Å². The molecule has 0 spiro atoms. The Bertz CT molecular complexity index is 1630. The highest BCUT2D eigenvalue weighted by Gasteiger charge is 2.25. The average Bonchev–Trinajstić information content (AvgIpc) is 3.34. The van der Waals surface area contributed by atoms with Crippen LogP contribution in [0.1, 0.15) is 21.5 Å². The normalized spacial score (nSPS) is 13.2. The van der Waals surface area contributed by atoms with Crippen LogP contribution >= 0.6 is 31.1 Å². The van der Waals surface area contributed by atoms with Gasteiger partial charge in [0.1, 0.15) is 11.6 Å². The highest BCUT2D eigenvalue weighted by molar-refractivity contribution is 7.90. The molecule has 0 radical (unpaired) electrons. The van der Waals surface area contributed by atoms with Gasteiger partial charge in [-0.1, -0.05) is 55.4 Å². The standard InChI is InChI=1S/C28H26Cl2NO6PS/c1-38(20-7-6-19-8-10-37-25(19)16-20)11-9-18-13-22(29)26(23(30)14-18)27(32)31-24(28(33)34)15-17-4-3-5-21(12-17)39(2,35)36/h3-8,10,12-14,16,24H,9,11,15H2,1-2H3,(H,31,32)(H,33,34). The van der Waals surface area contributed by atoms with Crippen molar-refractivity contribution < 1.29 is 27.5 Å². The van der Waals surface area contributed by atoms with Gasteiger partial charge in [-0.15, -0.1) is 0 Å². The maximum atomic E-state index is 13.0. The minimum absolute atomic E-state index is 0.0137. The zero-order valence-corrected chi connectivity index (χ0v) is 24.4. The number of benzene rings is 3. The first-order valence-corrected chi connectivity index (χ1v) is 16.5. The molecule has 0 aliphatic carbocycles. The van der Waals surface area contributed by atoms with E-state index in [4.69, 9.17) is 27.6 Å². The lowest BCUT2D eigenvalue weighted by molar-refractivity contribution is -0.139. The molecule has 0 bridgehead atoms. The number of aliphatic carboxylic acids is 1. The van der Waals surface area contributed by atoms with Gasteiger partial charge in [-0.05, 0) is 72.1 Å². The summed E-state index contributed by atoms with van der Waals surface area (Å²) in [5, 5.41) is 14.7. The van der Waals surface area contributed by atoms with Gasteiger partial charge in [0.25, 0.3) is 5.91 Å². The third-order valence-corrected chi connectivity index (χ3v) is 10.1. The Labute approximate surface area is 237 Å². The van der Waals surface area contributed by atoms with Gasteiger partial charge in [-0.2, -0.15) is 0 Å². The van der Waals surface area contributed by atoms with E-state index in [2.05, 4.69) is 24.1 Å². The number of carbonyl (C=O) groups excluding carboxylic acids is 1. The smallest absolute Gasteiger partial charge is 0.326 e. The number of nitrogens with one attached hydrogen (secondary N) is 1. The SMILES string of the molecule is CP(CCc1cc(Cl)c(C(=O)NC(Cc2cccc(S(C)(=O)=O)c2)C(=O)O)c(Cl)c1)c1ccc2ccoc2c1. The summed E-state index contributed by atoms with van der Waals surface area (Å²) < 4.78 is 29.2. The van der Waals surface area contributed by atoms with Crippen LogP contribution < -0.4 is 10.6 Å². The quantitative estimate of drug-likeness (QED) is 0.229. The van der Waals surface area contributed by atoms with Crippen molar-refractivity contribution in [2.45, 2.75) is 23.8 Å². The van der Waals surface area contributed by atoms with Gasteiger partial charge in [0, 0.05) is 18.1 Å². The zero-order valence-electron chi connectivity index (χ0n) is 21.1. The molecular weight excluding hydrogens is 580 g/mol. The predicted molar refractivity (Wildman–Crippen MR) is 156 cm³/mol. The molecule has 4 aromatic rings. The predicted octanol–water partition coefficient (Wildman–Crippen LogP) is 5.55. The van der Waals surface area contributed by atoms with Crippen molar-refractivity contribution in [3.8, 4) is 0 Å². The number of hydrogen-bond donors (Lipinski definition) is 2. The lowest BCUT2D eigenvalue weighted by Gasteiger charge is -2.17. The average molecular weight is 606 g/mol. The van der Waals surface area contributed by atoms with Crippen molar-refractivity contribution >= 4 is 69.1 Å². The molecule has 7 nitrogen and oxygen atoms in total. The van der Waals surface area contributed by atoms with E-state index in [0.29, 0.717) is 12.0 Å². The topological polar surface area (TPSA) is 114 Å². The van der Waals surface area contributed by atoms with Gasteiger partial charge < -0.3 is 14.8 Å². The number of carboxylic acid groups (broad SMARTS) is 1. The Hall–Kier alpha value is -2.90. The number of sulfone groups is 1. The number of amides is 1. The summed E-state index contributed by atoms with van der Waals surface area (Å²) in [6.45, 7) is 2.18. The van der Waals surface area contributed by atoms with Gasteiger partial charge in [0.15, 0.2) is 9.84 Å². The van der Waals surface area contributed by atoms with Crippen LogP contribution in [0.5, 0.6) is 0 Å². The van der Waals surface area contributed by atoms with E-state index in [0.717, 1.165) is 29.0 Å². The molecule has 39 heavy (non-hydrogen) atoms. The fourth-order valence-electron chi connectivity index (χ4n) is 4.16. The first-order valence-electron chi connectivity index (χ1n) is 11.9. The number of hydrogen-bond acceptors (Lipinski definition) is 5. The number of fused-ring (bicyclic) bond motifs is 1. The molecule has 11 heteroatoms. The van der Waals surface area contributed by atoms with Crippen LogP contribution in [0.25, 0.3) is 11.0 Å². The molecule has 0 aliphatic heterocycles. The summed E-state index contributed by atoms with van der Waals surface area (Å²) in [6, 6.07) is 16.1. The van der Waals surface area contributed by atoms with Crippen LogP contribution in [-0.4, -0.2) is 50.5 Å². The first-order chi connectivity index (χ1) is 18.4. The van der Waals surface area contributed by atoms with Gasteiger partial charge in [-0.3, -0.25) is 4.79 Å². The Morgan fingerprint density at radius 2 is 1.74 bits per heavy atom. The third-order valence-electron chi connectivity index (χ3n) is 6.32. The molecule has 0 saturated carbocycles. The van der Waals surface area contributed by atoms with Crippen molar-refractivity contribution in [3.63, 3.8) is 0 Å². The molecule has 2 N–H and O–H groups in total. The van der Waals surface area contributed by atoms with E-state index in [-0.39, 0.29) is 26.9 Å². The van der Waals surface area contributed by atoms with Crippen LogP contribution in [0, 0.1) is 0 Å². The van der Waals surface area contributed by atoms with Gasteiger partial charge in [0.05, 0.1) is 26.8 Å². The number of aryl methyl sites for hydroxylation is 1. The molecule has 4 rings (SSSR count). The Morgan fingerprint density at radius 3 is 2.41 bits per heavy atom. The number of rotatable bonds is 10.